The van der Waals surface area contributed by atoms with Crippen molar-refractivity contribution in [2.75, 3.05) is 13.1 Å². The molecule has 1 N–H and O–H groups in total. The lowest BCUT2D eigenvalue weighted by atomic mass is 9.90. The Morgan fingerprint density at radius 2 is 1.94 bits per heavy atom. The number of benzene rings is 1. The Morgan fingerprint density at radius 3 is 2.57 bits per heavy atom. The Kier molecular flexibility index (Phi) is 7.02. The summed E-state index contributed by atoms with van der Waals surface area (Å²) >= 11 is 1.48. The van der Waals surface area contributed by atoms with Crippen LogP contribution < -0.4 is 5.32 Å². The molecule has 1 atom stereocenters. The number of carbonyl (C=O) groups excluding carboxylic acids is 3. The van der Waals surface area contributed by atoms with Crippen LogP contribution >= 0.6 is 11.3 Å². The maximum atomic E-state index is 13.3. The average molecular weight is 496 g/mol. The average Bonchev–Trinajstić information content (AvgIpc) is 3.57. The highest BCUT2D eigenvalue weighted by molar-refractivity contribution is 7.13. The van der Waals surface area contributed by atoms with Crippen molar-refractivity contribution in [3.63, 3.8) is 0 Å². The van der Waals surface area contributed by atoms with E-state index in [0.717, 1.165) is 15.3 Å². The summed E-state index contributed by atoms with van der Waals surface area (Å²) in [5.41, 5.74) is 0.581. The van der Waals surface area contributed by atoms with Crippen LogP contribution in [0.25, 0.3) is 10.8 Å². The topological polar surface area (TPSA) is 109 Å². The van der Waals surface area contributed by atoms with Gasteiger partial charge in [-0.25, -0.2) is 4.79 Å². The SMILES string of the molecule is CCCN(Cc1nnc(-c2cccs2)o1)C(=O)CN1C(=O)NC(C)(c2ccc(C(C)C)cc2)C1=O. The minimum atomic E-state index is -1.23. The highest BCUT2D eigenvalue weighted by atomic mass is 32.1. The van der Waals surface area contributed by atoms with Crippen molar-refractivity contribution in [1.29, 1.82) is 0 Å². The van der Waals surface area contributed by atoms with Gasteiger partial charge in [0.1, 0.15) is 12.1 Å². The molecule has 1 aromatic carbocycles. The second-order valence-corrected chi connectivity index (χ2v) is 9.96. The van der Waals surface area contributed by atoms with Crippen molar-refractivity contribution in [3.05, 3.63) is 58.8 Å². The van der Waals surface area contributed by atoms with Crippen molar-refractivity contribution in [2.24, 2.45) is 0 Å². The van der Waals surface area contributed by atoms with Crippen LogP contribution in [0.4, 0.5) is 4.79 Å². The first-order valence-corrected chi connectivity index (χ1v) is 12.5. The highest BCUT2D eigenvalue weighted by Gasteiger charge is 2.49. The maximum Gasteiger partial charge on any atom is 0.325 e. The van der Waals surface area contributed by atoms with Crippen LogP contribution in [0.2, 0.25) is 0 Å². The second kappa shape index (κ2) is 9.99. The van der Waals surface area contributed by atoms with Crippen LogP contribution in [-0.4, -0.2) is 50.9 Å². The molecule has 2 aromatic heterocycles. The fraction of sp³-hybridized carbons (Fsp3) is 0.400. The zero-order chi connectivity index (χ0) is 25.2. The Bertz CT molecular complexity index is 1200. The van der Waals surface area contributed by atoms with Gasteiger partial charge in [-0.2, -0.15) is 0 Å². The molecule has 4 rings (SSSR count). The van der Waals surface area contributed by atoms with Crippen molar-refractivity contribution in [1.82, 2.24) is 25.3 Å². The van der Waals surface area contributed by atoms with E-state index in [-0.39, 0.29) is 19.0 Å². The first kappa shape index (κ1) is 24.6. The van der Waals surface area contributed by atoms with E-state index in [9.17, 15) is 14.4 Å². The molecule has 0 bridgehead atoms. The molecule has 0 aliphatic carbocycles. The largest absolute Gasteiger partial charge is 0.418 e. The van der Waals surface area contributed by atoms with Gasteiger partial charge in [0, 0.05) is 6.54 Å². The summed E-state index contributed by atoms with van der Waals surface area (Å²) < 4.78 is 5.72. The van der Waals surface area contributed by atoms with E-state index in [0.29, 0.717) is 36.2 Å². The number of aromatic nitrogens is 2. The molecule has 4 amide bonds. The van der Waals surface area contributed by atoms with E-state index in [1.807, 2.05) is 48.7 Å². The van der Waals surface area contributed by atoms with Gasteiger partial charge in [0.05, 0.1) is 11.4 Å². The minimum Gasteiger partial charge on any atom is -0.418 e. The number of amides is 4. The maximum absolute atomic E-state index is 13.3. The van der Waals surface area contributed by atoms with E-state index >= 15 is 0 Å². The highest BCUT2D eigenvalue weighted by Crippen LogP contribution is 2.30. The Morgan fingerprint density at radius 1 is 1.20 bits per heavy atom. The van der Waals surface area contributed by atoms with Gasteiger partial charge in [0.25, 0.3) is 11.8 Å². The Hall–Kier alpha value is -3.53. The molecule has 0 spiro atoms. The predicted octanol–water partition coefficient (Wildman–Crippen LogP) is 4.13. The number of hydrogen-bond donors (Lipinski definition) is 1. The molecule has 3 heterocycles. The predicted molar refractivity (Wildman–Crippen MR) is 131 cm³/mol. The molecule has 10 heteroatoms. The van der Waals surface area contributed by atoms with Gasteiger partial charge in [0.2, 0.25) is 11.8 Å². The molecule has 1 unspecified atom stereocenters. The lowest BCUT2D eigenvalue weighted by Gasteiger charge is -2.24. The fourth-order valence-corrected chi connectivity index (χ4v) is 4.66. The van der Waals surface area contributed by atoms with Crippen molar-refractivity contribution < 1.29 is 18.8 Å². The van der Waals surface area contributed by atoms with E-state index in [1.165, 1.54) is 16.2 Å². The number of nitrogens with zero attached hydrogens (tertiary/aromatic N) is 4. The summed E-state index contributed by atoms with van der Waals surface area (Å²) in [5.74, 6) is 0.215. The van der Waals surface area contributed by atoms with Gasteiger partial charge in [-0.3, -0.25) is 14.5 Å². The standard InChI is InChI=1S/C25H29N5O4S/c1-5-12-29(14-20-27-28-22(34-20)19-7-6-13-35-19)21(31)15-30-23(32)25(4,26-24(30)33)18-10-8-17(9-11-18)16(2)3/h6-11,13,16H,5,12,14-15H2,1-4H3,(H,26,33). The van der Waals surface area contributed by atoms with Gasteiger partial charge in [0.15, 0.2) is 0 Å². The molecule has 3 aromatic rings. The van der Waals surface area contributed by atoms with Gasteiger partial charge in [-0.1, -0.05) is 51.1 Å². The lowest BCUT2D eigenvalue weighted by Crippen LogP contribution is -2.44. The summed E-state index contributed by atoms with van der Waals surface area (Å²) in [6, 6.07) is 10.8. The van der Waals surface area contributed by atoms with Crippen molar-refractivity contribution in [2.45, 2.75) is 52.1 Å². The molecule has 35 heavy (non-hydrogen) atoms. The van der Waals surface area contributed by atoms with Gasteiger partial charge < -0.3 is 14.6 Å². The van der Waals surface area contributed by atoms with Crippen LogP contribution in [0, 0.1) is 0 Å². The molecular formula is C25H29N5O4S. The molecule has 184 valence electrons. The van der Waals surface area contributed by atoms with Crippen LogP contribution in [0.3, 0.4) is 0 Å². The van der Waals surface area contributed by atoms with E-state index in [2.05, 4.69) is 29.4 Å². The number of urea groups is 1. The third-order valence-electron chi connectivity index (χ3n) is 6.09. The smallest absolute Gasteiger partial charge is 0.325 e. The summed E-state index contributed by atoms with van der Waals surface area (Å²) in [5, 5.41) is 12.8. The third-order valence-corrected chi connectivity index (χ3v) is 6.95. The Balaban J connectivity index is 1.47. The molecule has 1 aliphatic heterocycles. The first-order valence-electron chi connectivity index (χ1n) is 11.6. The fourth-order valence-electron chi connectivity index (χ4n) is 4.02. The van der Waals surface area contributed by atoms with Gasteiger partial charge >= 0.3 is 6.03 Å². The van der Waals surface area contributed by atoms with E-state index < -0.39 is 17.5 Å². The molecule has 1 fully saturated rings. The number of imide groups is 1. The lowest BCUT2D eigenvalue weighted by molar-refractivity contribution is -0.139. The van der Waals surface area contributed by atoms with Crippen LogP contribution in [0.5, 0.6) is 0 Å². The number of rotatable bonds is 9. The zero-order valence-electron chi connectivity index (χ0n) is 20.3. The van der Waals surface area contributed by atoms with Crippen LogP contribution in [-0.2, 0) is 21.7 Å². The van der Waals surface area contributed by atoms with Crippen molar-refractivity contribution >= 4 is 29.2 Å². The zero-order valence-corrected chi connectivity index (χ0v) is 21.1. The molecular weight excluding hydrogens is 466 g/mol. The molecule has 1 aliphatic rings. The van der Waals surface area contributed by atoms with Gasteiger partial charge in [-0.05, 0) is 41.8 Å². The third kappa shape index (κ3) is 4.97. The monoisotopic (exact) mass is 495 g/mol. The number of hydrogen-bond acceptors (Lipinski definition) is 7. The Labute approximate surface area is 208 Å². The number of nitrogens with one attached hydrogen (secondary N) is 1. The summed E-state index contributed by atoms with van der Waals surface area (Å²) in [6.45, 7) is 7.94. The quantitative estimate of drug-likeness (QED) is 0.447. The normalized spacial score (nSPS) is 17.8. The molecule has 1 saturated heterocycles. The number of thiophene rings is 1. The molecule has 9 nitrogen and oxygen atoms in total. The minimum absolute atomic E-state index is 0.0998. The molecule has 0 radical (unpaired) electrons. The summed E-state index contributed by atoms with van der Waals surface area (Å²) in [4.78, 5) is 42.5. The number of carbonyl (C=O) groups is 3. The first-order chi connectivity index (χ1) is 16.7. The van der Waals surface area contributed by atoms with E-state index in [4.69, 9.17) is 4.42 Å². The van der Waals surface area contributed by atoms with Crippen LogP contribution in [0.1, 0.15) is 57.1 Å². The second-order valence-electron chi connectivity index (χ2n) is 9.02. The summed E-state index contributed by atoms with van der Waals surface area (Å²) in [7, 11) is 0. The summed E-state index contributed by atoms with van der Waals surface area (Å²) in [6.07, 6.45) is 0.692. The van der Waals surface area contributed by atoms with E-state index in [1.54, 1.807) is 6.92 Å². The molecule has 0 saturated carbocycles. The van der Waals surface area contributed by atoms with Crippen LogP contribution in [0.15, 0.2) is 46.2 Å². The van der Waals surface area contributed by atoms with Crippen molar-refractivity contribution in [3.8, 4) is 10.8 Å². The van der Waals surface area contributed by atoms with Gasteiger partial charge in [-0.15, -0.1) is 21.5 Å².